The highest BCUT2D eigenvalue weighted by molar-refractivity contribution is 7.09. The number of rotatable bonds is 3. The summed E-state index contributed by atoms with van der Waals surface area (Å²) in [6.07, 6.45) is -2.09. The van der Waals surface area contributed by atoms with E-state index in [0.29, 0.717) is 25.3 Å². The first-order valence-corrected chi connectivity index (χ1v) is 10.3. The Labute approximate surface area is 189 Å². The van der Waals surface area contributed by atoms with Crippen molar-refractivity contribution in [3.63, 3.8) is 0 Å². The van der Waals surface area contributed by atoms with Gasteiger partial charge in [-0.05, 0) is 31.2 Å². The van der Waals surface area contributed by atoms with Gasteiger partial charge in [0, 0.05) is 23.5 Å². The summed E-state index contributed by atoms with van der Waals surface area (Å²) in [5, 5.41) is 9.73. The quantitative estimate of drug-likeness (QED) is 0.569. The maximum absolute atomic E-state index is 13.9. The van der Waals surface area contributed by atoms with Crippen molar-refractivity contribution in [3.8, 4) is 5.88 Å². The van der Waals surface area contributed by atoms with Crippen LogP contribution in [0.2, 0.25) is 0 Å². The van der Waals surface area contributed by atoms with E-state index < -0.39 is 24.1 Å². The van der Waals surface area contributed by atoms with Gasteiger partial charge in [-0.2, -0.15) is 13.2 Å². The molecular formula is C20H18F4N4O4S. The first-order valence-electron chi connectivity index (χ1n) is 9.47. The number of carboxylic acid groups (broad SMARTS) is 1. The number of pyridine rings is 1. The van der Waals surface area contributed by atoms with Crippen molar-refractivity contribution in [2.75, 3.05) is 6.54 Å². The van der Waals surface area contributed by atoms with Crippen LogP contribution in [-0.2, 0) is 17.9 Å². The highest BCUT2D eigenvalue weighted by Crippen LogP contribution is 2.21. The van der Waals surface area contributed by atoms with E-state index >= 15 is 0 Å². The third-order valence-electron chi connectivity index (χ3n) is 4.47. The number of carboxylic acids is 1. The fourth-order valence-corrected chi connectivity index (χ4v) is 3.61. The van der Waals surface area contributed by atoms with Crippen LogP contribution in [-0.4, -0.2) is 55.2 Å². The zero-order chi connectivity index (χ0) is 24.2. The number of hydrogen-bond donors (Lipinski definition) is 1. The lowest BCUT2D eigenvalue weighted by Gasteiger charge is -2.24. The van der Waals surface area contributed by atoms with Crippen molar-refractivity contribution in [1.29, 1.82) is 0 Å². The van der Waals surface area contributed by atoms with Gasteiger partial charge in [-0.15, -0.1) is 11.3 Å². The van der Waals surface area contributed by atoms with Gasteiger partial charge in [0.05, 0.1) is 24.6 Å². The topological polar surface area (TPSA) is 97.5 Å². The maximum atomic E-state index is 13.9. The van der Waals surface area contributed by atoms with Crippen molar-refractivity contribution in [2.24, 2.45) is 0 Å². The molecule has 1 aliphatic heterocycles. The number of hydrogen-bond acceptors (Lipinski definition) is 6. The maximum Gasteiger partial charge on any atom is 0.490 e. The highest BCUT2D eigenvalue weighted by atomic mass is 32.1. The molecule has 0 saturated heterocycles. The Morgan fingerprint density at radius 2 is 1.97 bits per heavy atom. The third-order valence-corrected chi connectivity index (χ3v) is 5.25. The number of ether oxygens (including phenoxy) is 1. The van der Waals surface area contributed by atoms with E-state index in [2.05, 4.69) is 9.97 Å². The molecule has 1 amide bonds. The molecule has 0 fully saturated rings. The van der Waals surface area contributed by atoms with E-state index in [0.717, 1.165) is 10.7 Å². The second-order valence-corrected chi connectivity index (χ2v) is 7.98. The second kappa shape index (κ2) is 9.98. The monoisotopic (exact) mass is 486 g/mol. The number of carbonyl (C=O) groups excluding carboxylic acids is 1. The second-order valence-electron chi connectivity index (χ2n) is 6.92. The molecule has 8 nitrogen and oxygen atoms in total. The molecule has 3 aromatic rings. The van der Waals surface area contributed by atoms with E-state index in [4.69, 9.17) is 14.6 Å². The molecule has 0 saturated carbocycles. The Morgan fingerprint density at radius 1 is 1.24 bits per heavy atom. The summed E-state index contributed by atoms with van der Waals surface area (Å²) in [7, 11) is 0. The highest BCUT2D eigenvalue weighted by Gasteiger charge is 2.38. The van der Waals surface area contributed by atoms with E-state index in [1.807, 2.05) is 29.8 Å². The lowest BCUT2D eigenvalue weighted by atomic mass is 10.3. The number of aryl methyl sites for hydroxylation is 1. The molecule has 3 aromatic heterocycles. The summed E-state index contributed by atoms with van der Waals surface area (Å²) in [6.45, 7) is 3.16. The average Bonchev–Trinajstić information content (AvgIpc) is 3.33. The van der Waals surface area contributed by atoms with Gasteiger partial charge in [0.2, 0.25) is 0 Å². The van der Waals surface area contributed by atoms with Crippen molar-refractivity contribution in [1.82, 2.24) is 19.4 Å². The summed E-state index contributed by atoms with van der Waals surface area (Å²) in [4.78, 5) is 31.7. The number of thiazole rings is 1. The van der Waals surface area contributed by atoms with Gasteiger partial charge in [-0.25, -0.2) is 19.2 Å². The third kappa shape index (κ3) is 6.28. The fourth-order valence-electron chi connectivity index (χ4n) is 3.02. The molecule has 0 bridgehead atoms. The Morgan fingerprint density at radius 3 is 2.58 bits per heavy atom. The number of amides is 1. The van der Waals surface area contributed by atoms with Crippen molar-refractivity contribution >= 4 is 23.2 Å². The summed E-state index contributed by atoms with van der Waals surface area (Å²) >= 11 is 1.44. The molecular weight excluding hydrogens is 468 g/mol. The molecule has 33 heavy (non-hydrogen) atoms. The molecule has 176 valence electrons. The molecule has 1 unspecified atom stereocenters. The predicted octanol–water partition coefficient (Wildman–Crippen LogP) is 3.52. The summed E-state index contributed by atoms with van der Waals surface area (Å²) in [6, 6.07) is 6.71. The molecule has 1 aliphatic rings. The van der Waals surface area contributed by atoms with Crippen LogP contribution in [0.4, 0.5) is 17.6 Å². The van der Waals surface area contributed by atoms with Crippen LogP contribution < -0.4 is 4.74 Å². The van der Waals surface area contributed by atoms with Crippen molar-refractivity contribution < 1.29 is 37.0 Å². The van der Waals surface area contributed by atoms with Gasteiger partial charge >= 0.3 is 12.1 Å². The molecule has 4 heterocycles. The minimum atomic E-state index is -5.08. The minimum Gasteiger partial charge on any atom is -0.475 e. The van der Waals surface area contributed by atoms with Crippen LogP contribution in [0.15, 0.2) is 42.0 Å². The van der Waals surface area contributed by atoms with Gasteiger partial charge < -0.3 is 19.3 Å². The Kier molecular flexibility index (Phi) is 7.31. The largest absolute Gasteiger partial charge is 0.490 e. The number of carbonyl (C=O) groups is 2. The first-order chi connectivity index (χ1) is 15.5. The fraction of sp³-hybridized carbons (Fsp3) is 0.300. The van der Waals surface area contributed by atoms with Gasteiger partial charge in [0.15, 0.2) is 5.82 Å². The predicted molar refractivity (Wildman–Crippen MR) is 108 cm³/mol. The molecule has 0 spiro atoms. The van der Waals surface area contributed by atoms with Gasteiger partial charge in [0.1, 0.15) is 11.8 Å². The summed E-state index contributed by atoms with van der Waals surface area (Å²) in [5.41, 5.74) is 1.42. The Balaban J connectivity index is 0.000000383. The van der Waals surface area contributed by atoms with Gasteiger partial charge in [-0.3, -0.25) is 4.79 Å². The normalized spacial score (nSPS) is 15.7. The van der Waals surface area contributed by atoms with E-state index in [1.165, 1.54) is 29.7 Å². The van der Waals surface area contributed by atoms with Crippen LogP contribution in [0.5, 0.6) is 5.88 Å². The lowest BCUT2D eigenvalue weighted by Crippen LogP contribution is -2.39. The van der Waals surface area contributed by atoms with Crippen molar-refractivity contribution in [2.45, 2.75) is 32.3 Å². The molecule has 1 N–H and O–H groups in total. The van der Waals surface area contributed by atoms with Crippen LogP contribution in [0.25, 0.3) is 0 Å². The Bertz CT molecular complexity index is 1130. The van der Waals surface area contributed by atoms with E-state index in [-0.39, 0.29) is 11.8 Å². The van der Waals surface area contributed by atoms with Crippen LogP contribution in [0.1, 0.15) is 21.2 Å². The molecule has 1 atom stereocenters. The number of halogens is 4. The average molecular weight is 486 g/mol. The molecule has 13 heteroatoms. The SMILES string of the molecule is Cc1nc(C(=O)N2Cc3cccn3CC(Oc3ncccc3F)C2)cs1.O=C(O)C(F)(F)F. The smallest absolute Gasteiger partial charge is 0.475 e. The van der Waals surface area contributed by atoms with Gasteiger partial charge in [0.25, 0.3) is 11.8 Å². The number of alkyl halides is 3. The van der Waals surface area contributed by atoms with Gasteiger partial charge in [-0.1, -0.05) is 0 Å². The van der Waals surface area contributed by atoms with Crippen LogP contribution >= 0.6 is 11.3 Å². The zero-order valence-corrected chi connectivity index (χ0v) is 17.9. The van der Waals surface area contributed by atoms with Crippen LogP contribution in [0, 0.1) is 12.7 Å². The standard InChI is InChI=1S/C18H17FN4O2S.C2HF3O2/c1-12-21-16(11-26-12)18(24)23-8-13-4-3-7-22(13)9-14(10-23)25-17-15(19)5-2-6-20-17;3-2(4,5)1(6)7/h2-7,11,14H,8-10H2,1H3;(H,6,7). The number of aliphatic carboxylic acids is 1. The number of fused-ring (bicyclic) bond motifs is 1. The van der Waals surface area contributed by atoms with Crippen LogP contribution in [0.3, 0.4) is 0 Å². The first kappa shape index (κ1) is 24.2. The molecule has 4 rings (SSSR count). The van der Waals surface area contributed by atoms with E-state index in [9.17, 15) is 22.4 Å². The summed E-state index contributed by atoms with van der Waals surface area (Å²) < 4.78 is 53.5. The Hall–Kier alpha value is -3.48. The van der Waals surface area contributed by atoms with E-state index in [1.54, 1.807) is 10.3 Å². The zero-order valence-electron chi connectivity index (χ0n) is 17.1. The number of aromatic nitrogens is 3. The molecule has 0 aliphatic carbocycles. The molecule has 0 aromatic carbocycles. The molecule has 0 radical (unpaired) electrons. The minimum absolute atomic E-state index is 0.0509. The lowest BCUT2D eigenvalue weighted by molar-refractivity contribution is -0.192. The summed E-state index contributed by atoms with van der Waals surface area (Å²) in [5.74, 6) is -3.48. The number of nitrogens with zero attached hydrogens (tertiary/aromatic N) is 4. The van der Waals surface area contributed by atoms with Crippen molar-refractivity contribution in [3.05, 3.63) is 64.3 Å².